The minimum atomic E-state index is -0.349. The van der Waals surface area contributed by atoms with Gasteiger partial charge >= 0.3 is 0 Å². The number of ether oxygens (including phenoxy) is 2. The molecule has 3 rings (SSSR count). The SMILES string of the molecule is COc1cc(/C=C2/SC(N)=NC2=O)ccc1OCc1ccc(F)cc1. The lowest BCUT2D eigenvalue weighted by atomic mass is 10.2. The molecule has 2 aromatic carbocycles. The number of carbonyl (C=O) groups excluding carboxylic acids is 1. The highest BCUT2D eigenvalue weighted by molar-refractivity contribution is 8.18. The third-order valence-corrected chi connectivity index (χ3v) is 4.24. The average molecular weight is 358 g/mol. The van der Waals surface area contributed by atoms with Gasteiger partial charge in [0.05, 0.1) is 12.0 Å². The van der Waals surface area contributed by atoms with Crippen LogP contribution >= 0.6 is 11.8 Å². The fourth-order valence-corrected chi connectivity index (χ4v) is 2.89. The van der Waals surface area contributed by atoms with Crippen molar-refractivity contribution in [2.75, 3.05) is 7.11 Å². The van der Waals surface area contributed by atoms with E-state index < -0.39 is 0 Å². The van der Waals surface area contributed by atoms with Crippen molar-refractivity contribution in [2.24, 2.45) is 10.7 Å². The van der Waals surface area contributed by atoms with E-state index in [4.69, 9.17) is 15.2 Å². The number of methoxy groups -OCH3 is 1. The molecular formula is C18H15FN2O3S. The molecule has 2 N–H and O–H groups in total. The molecule has 0 saturated heterocycles. The fourth-order valence-electron chi connectivity index (χ4n) is 2.21. The number of nitrogens with two attached hydrogens (primary N) is 1. The summed E-state index contributed by atoms with van der Waals surface area (Å²) in [7, 11) is 1.54. The Balaban J connectivity index is 1.74. The maximum Gasteiger partial charge on any atom is 0.286 e. The third kappa shape index (κ3) is 4.19. The molecule has 0 aromatic heterocycles. The summed E-state index contributed by atoms with van der Waals surface area (Å²) in [5.74, 6) is 0.441. The molecule has 0 aliphatic carbocycles. The van der Waals surface area contributed by atoms with Gasteiger partial charge in [0, 0.05) is 0 Å². The number of amides is 1. The normalized spacial score (nSPS) is 15.4. The molecule has 0 bridgehead atoms. The predicted molar refractivity (Wildman–Crippen MR) is 95.9 cm³/mol. The number of hydrogen-bond acceptors (Lipinski definition) is 5. The van der Waals surface area contributed by atoms with Crippen LogP contribution < -0.4 is 15.2 Å². The second kappa shape index (κ2) is 7.40. The molecule has 25 heavy (non-hydrogen) atoms. The van der Waals surface area contributed by atoms with E-state index in [0.717, 1.165) is 22.9 Å². The van der Waals surface area contributed by atoms with E-state index in [2.05, 4.69) is 4.99 Å². The quantitative estimate of drug-likeness (QED) is 0.830. The van der Waals surface area contributed by atoms with Gasteiger partial charge < -0.3 is 15.2 Å². The van der Waals surface area contributed by atoms with Crippen molar-refractivity contribution in [3.8, 4) is 11.5 Å². The number of hydrogen-bond donors (Lipinski definition) is 1. The minimum absolute atomic E-state index is 0.238. The number of nitrogens with zero attached hydrogens (tertiary/aromatic N) is 1. The number of thioether (sulfide) groups is 1. The lowest BCUT2D eigenvalue weighted by molar-refractivity contribution is -0.113. The van der Waals surface area contributed by atoms with E-state index in [0.29, 0.717) is 16.4 Å². The molecule has 1 aliphatic rings. The molecule has 0 unspecified atom stereocenters. The lowest BCUT2D eigenvalue weighted by Crippen LogP contribution is -2.01. The first-order chi connectivity index (χ1) is 12.0. The van der Waals surface area contributed by atoms with E-state index in [-0.39, 0.29) is 23.5 Å². The maximum atomic E-state index is 12.9. The molecule has 1 heterocycles. The van der Waals surface area contributed by atoms with Gasteiger partial charge in [0.1, 0.15) is 12.4 Å². The van der Waals surface area contributed by atoms with Crippen molar-refractivity contribution in [1.82, 2.24) is 0 Å². The van der Waals surface area contributed by atoms with Gasteiger partial charge in [-0.25, -0.2) is 4.39 Å². The van der Waals surface area contributed by atoms with Crippen LogP contribution in [-0.4, -0.2) is 18.2 Å². The number of rotatable bonds is 5. The summed E-state index contributed by atoms with van der Waals surface area (Å²) in [4.78, 5) is 15.8. The molecule has 1 aliphatic heterocycles. The lowest BCUT2D eigenvalue weighted by Gasteiger charge is -2.11. The Morgan fingerprint density at radius 3 is 2.60 bits per heavy atom. The highest BCUT2D eigenvalue weighted by atomic mass is 32.2. The summed E-state index contributed by atoms with van der Waals surface area (Å²) >= 11 is 1.13. The molecule has 0 spiro atoms. The third-order valence-electron chi connectivity index (χ3n) is 3.43. The van der Waals surface area contributed by atoms with E-state index >= 15 is 0 Å². The van der Waals surface area contributed by atoms with E-state index in [9.17, 15) is 9.18 Å². The van der Waals surface area contributed by atoms with Gasteiger partial charge in [-0.05, 0) is 53.2 Å². The van der Waals surface area contributed by atoms with Crippen LogP contribution in [-0.2, 0) is 11.4 Å². The Labute approximate surface area is 148 Å². The first-order valence-electron chi connectivity index (χ1n) is 7.38. The molecule has 7 heteroatoms. The number of carbonyl (C=O) groups is 1. The van der Waals surface area contributed by atoms with Gasteiger partial charge in [-0.3, -0.25) is 4.79 Å². The Bertz CT molecular complexity index is 863. The molecular weight excluding hydrogens is 343 g/mol. The Kier molecular flexibility index (Phi) is 5.04. The highest BCUT2D eigenvalue weighted by Crippen LogP contribution is 2.32. The summed E-state index contributed by atoms with van der Waals surface area (Å²) in [6.07, 6.45) is 1.70. The fraction of sp³-hybridized carbons (Fsp3) is 0.111. The van der Waals surface area contributed by atoms with Crippen molar-refractivity contribution in [3.63, 3.8) is 0 Å². The van der Waals surface area contributed by atoms with E-state index in [1.54, 1.807) is 36.4 Å². The second-order valence-corrected chi connectivity index (χ2v) is 6.25. The predicted octanol–water partition coefficient (Wildman–Crippen LogP) is 3.34. The minimum Gasteiger partial charge on any atom is -0.493 e. The largest absolute Gasteiger partial charge is 0.493 e. The van der Waals surface area contributed by atoms with Crippen molar-refractivity contribution in [3.05, 3.63) is 64.3 Å². The summed E-state index contributed by atoms with van der Waals surface area (Å²) < 4.78 is 24.0. The van der Waals surface area contributed by atoms with Crippen LogP contribution in [0, 0.1) is 5.82 Å². The van der Waals surface area contributed by atoms with Crippen LogP contribution in [0.3, 0.4) is 0 Å². The molecule has 0 fully saturated rings. The Morgan fingerprint density at radius 2 is 1.96 bits per heavy atom. The molecule has 2 aromatic rings. The number of benzene rings is 2. The highest BCUT2D eigenvalue weighted by Gasteiger charge is 2.19. The molecule has 0 radical (unpaired) electrons. The molecule has 0 saturated carbocycles. The van der Waals surface area contributed by atoms with Crippen LogP contribution in [0.5, 0.6) is 11.5 Å². The Hall–Kier alpha value is -2.80. The second-order valence-electron chi connectivity index (χ2n) is 5.19. The zero-order valence-corrected chi connectivity index (χ0v) is 14.2. The average Bonchev–Trinajstić information content (AvgIpc) is 2.92. The Morgan fingerprint density at radius 1 is 1.20 bits per heavy atom. The van der Waals surface area contributed by atoms with Gasteiger partial charge in [-0.2, -0.15) is 4.99 Å². The first kappa shape index (κ1) is 17.0. The first-order valence-corrected chi connectivity index (χ1v) is 8.20. The summed E-state index contributed by atoms with van der Waals surface area (Å²) in [6.45, 7) is 0.287. The summed E-state index contributed by atoms with van der Waals surface area (Å²) in [6, 6.07) is 11.4. The monoisotopic (exact) mass is 358 g/mol. The number of amidine groups is 1. The molecule has 1 amide bonds. The zero-order chi connectivity index (χ0) is 17.8. The van der Waals surface area contributed by atoms with Gasteiger partial charge in [-0.15, -0.1) is 0 Å². The van der Waals surface area contributed by atoms with Crippen molar-refractivity contribution < 1.29 is 18.7 Å². The van der Waals surface area contributed by atoms with Crippen LogP contribution in [0.15, 0.2) is 52.4 Å². The summed E-state index contributed by atoms with van der Waals surface area (Å²) in [5.41, 5.74) is 7.15. The van der Waals surface area contributed by atoms with Crippen LogP contribution in [0.4, 0.5) is 4.39 Å². The van der Waals surface area contributed by atoms with Crippen LogP contribution in [0.25, 0.3) is 6.08 Å². The van der Waals surface area contributed by atoms with E-state index in [1.165, 1.54) is 19.2 Å². The zero-order valence-electron chi connectivity index (χ0n) is 13.4. The maximum absolute atomic E-state index is 12.9. The molecule has 128 valence electrons. The topological polar surface area (TPSA) is 73.9 Å². The standard InChI is InChI=1S/C18H15FN2O3S/c1-23-15-8-12(9-16-17(22)21-18(20)25-16)4-7-14(15)24-10-11-2-5-13(19)6-3-11/h2-9H,10H2,1H3,(H2,20,21,22)/b16-9+. The van der Waals surface area contributed by atoms with Crippen LogP contribution in [0.1, 0.15) is 11.1 Å². The summed E-state index contributed by atoms with van der Waals surface area (Å²) in [5, 5.41) is 0.238. The van der Waals surface area contributed by atoms with Gasteiger partial charge in [0.2, 0.25) is 0 Å². The van der Waals surface area contributed by atoms with Crippen molar-refractivity contribution in [2.45, 2.75) is 6.61 Å². The number of aliphatic imine (C=N–C) groups is 1. The van der Waals surface area contributed by atoms with Crippen molar-refractivity contribution in [1.29, 1.82) is 0 Å². The van der Waals surface area contributed by atoms with Gasteiger partial charge in [0.15, 0.2) is 16.7 Å². The van der Waals surface area contributed by atoms with Crippen LogP contribution in [0.2, 0.25) is 0 Å². The van der Waals surface area contributed by atoms with Gasteiger partial charge in [0.25, 0.3) is 5.91 Å². The smallest absolute Gasteiger partial charge is 0.286 e. The molecule has 5 nitrogen and oxygen atoms in total. The van der Waals surface area contributed by atoms with Crippen molar-refractivity contribution >= 4 is 28.9 Å². The van der Waals surface area contributed by atoms with Gasteiger partial charge in [-0.1, -0.05) is 18.2 Å². The molecule has 0 atom stereocenters. The number of halogens is 1. The van der Waals surface area contributed by atoms with E-state index in [1.807, 2.05) is 0 Å².